The molecule has 0 aliphatic rings. The van der Waals surface area contributed by atoms with E-state index in [9.17, 15) is 0 Å². The zero-order valence-corrected chi connectivity index (χ0v) is 11.3. The summed E-state index contributed by atoms with van der Waals surface area (Å²) in [6, 6.07) is 17.3. The maximum atomic E-state index is 9.09. The Bertz CT molecular complexity index is 561. The van der Waals surface area contributed by atoms with Crippen molar-refractivity contribution in [2.75, 3.05) is 7.11 Å². The van der Waals surface area contributed by atoms with Crippen molar-refractivity contribution in [1.82, 2.24) is 5.06 Å². The van der Waals surface area contributed by atoms with Crippen LogP contribution >= 0.6 is 0 Å². The molecule has 0 amide bonds. The van der Waals surface area contributed by atoms with Crippen molar-refractivity contribution in [3.8, 4) is 11.9 Å². The molecule has 2 rings (SSSR count). The topological polar surface area (TPSA) is 45.5 Å². The number of hydrogen-bond acceptors (Lipinski definition) is 4. The first-order valence-corrected chi connectivity index (χ1v) is 6.29. The van der Waals surface area contributed by atoms with Crippen LogP contribution in [0.2, 0.25) is 0 Å². The molecule has 20 heavy (non-hydrogen) atoms. The number of hydroxylamine groups is 2. The number of nitrogens with zero attached hydrogens (tertiary/aromatic N) is 2. The quantitative estimate of drug-likeness (QED) is 0.459. The molecule has 4 heteroatoms. The Balaban J connectivity index is 1.90. The third kappa shape index (κ3) is 4.01. The third-order valence-corrected chi connectivity index (χ3v) is 2.83. The molecule has 0 saturated heterocycles. The molecular formula is C16H16N2O2. The third-order valence-electron chi connectivity index (χ3n) is 2.83. The Hall–Kier alpha value is -2.51. The molecule has 0 fully saturated rings. The van der Waals surface area contributed by atoms with Crippen LogP contribution in [0.3, 0.4) is 0 Å². The molecule has 0 radical (unpaired) electrons. The summed E-state index contributed by atoms with van der Waals surface area (Å²) >= 11 is 0. The van der Waals surface area contributed by atoms with Crippen LogP contribution in [0.5, 0.6) is 5.75 Å². The molecule has 2 aromatic rings. The molecule has 0 spiro atoms. The van der Waals surface area contributed by atoms with Gasteiger partial charge in [0, 0.05) is 0 Å². The van der Waals surface area contributed by atoms with Gasteiger partial charge in [0.15, 0.2) is 0 Å². The molecule has 0 N–H and O–H groups in total. The van der Waals surface area contributed by atoms with Crippen LogP contribution in [0.4, 0.5) is 0 Å². The minimum Gasteiger partial charge on any atom is -0.497 e. The number of benzene rings is 2. The van der Waals surface area contributed by atoms with E-state index < -0.39 is 0 Å². The maximum Gasteiger partial charge on any atom is 0.205 e. The van der Waals surface area contributed by atoms with Crippen LogP contribution in [-0.2, 0) is 18.0 Å². The lowest BCUT2D eigenvalue weighted by atomic mass is 10.2. The summed E-state index contributed by atoms with van der Waals surface area (Å²) in [6.07, 6.45) is 2.03. The standard InChI is InChI=1S/C16H16N2O2/c1-19-16-9-7-14(8-10-16)11-18(13-17)20-12-15-5-3-2-4-6-15/h2-10H,11-12H2,1H3. The number of hydrogen-bond donors (Lipinski definition) is 0. The fourth-order valence-electron chi connectivity index (χ4n) is 1.73. The molecule has 0 saturated carbocycles. The van der Waals surface area contributed by atoms with E-state index in [-0.39, 0.29) is 0 Å². The summed E-state index contributed by atoms with van der Waals surface area (Å²) in [6.45, 7) is 0.790. The average Bonchev–Trinajstić information content (AvgIpc) is 2.53. The highest BCUT2D eigenvalue weighted by molar-refractivity contribution is 5.27. The molecule has 0 aliphatic heterocycles. The lowest BCUT2D eigenvalue weighted by molar-refractivity contribution is -0.130. The summed E-state index contributed by atoms with van der Waals surface area (Å²) in [5.74, 6) is 0.794. The second-order valence-electron chi connectivity index (χ2n) is 4.24. The Morgan fingerprint density at radius 3 is 2.30 bits per heavy atom. The smallest absolute Gasteiger partial charge is 0.205 e. The summed E-state index contributed by atoms with van der Waals surface area (Å²) in [4.78, 5) is 5.48. The lowest BCUT2D eigenvalue weighted by Gasteiger charge is -2.15. The fourth-order valence-corrected chi connectivity index (χ4v) is 1.73. The van der Waals surface area contributed by atoms with E-state index in [0.717, 1.165) is 16.9 Å². The Morgan fingerprint density at radius 2 is 1.70 bits per heavy atom. The van der Waals surface area contributed by atoms with E-state index in [1.54, 1.807) is 7.11 Å². The Labute approximate surface area is 118 Å². The normalized spacial score (nSPS) is 9.80. The van der Waals surface area contributed by atoms with Crippen LogP contribution in [0.15, 0.2) is 54.6 Å². The first-order chi connectivity index (χ1) is 9.81. The van der Waals surface area contributed by atoms with Crippen molar-refractivity contribution < 1.29 is 9.57 Å². The number of methoxy groups -OCH3 is 1. The second-order valence-corrected chi connectivity index (χ2v) is 4.24. The van der Waals surface area contributed by atoms with E-state index in [2.05, 4.69) is 0 Å². The van der Waals surface area contributed by atoms with Gasteiger partial charge in [0.05, 0.1) is 13.7 Å². The van der Waals surface area contributed by atoms with E-state index in [1.807, 2.05) is 60.8 Å². The van der Waals surface area contributed by atoms with Gasteiger partial charge >= 0.3 is 0 Å². The average molecular weight is 268 g/mol. The Kier molecular flexibility index (Phi) is 4.99. The number of nitriles is 1. The summed E-state index contributed by atoms with van der Waals surface area (Å²) < 4.78 is 5.10. The summed E-state index contributed by atoms with van der Waals surface area (Å²) in [5, 5.41) is 10.4. The van der Waals surface area contributed by atoms with Crippen LogP contribution in [-0.4, -0.2) is 12.2 Å². The van der Waals surface area contributed by atoms with Crippen molar-refractivity contribution in [3.05, 3.63) is 65.7 Å². The lowest BCUT2D eigenvalue weighted by Crippen LogP contribution is -2.17. The minimum absolute atomic E-state index is 0.380. The van der Waals surface area contributed by atoms with E-state index in [4.69, 9.17) is 14.8 Å². The summed E-state index contributed by atoms with van der Waals surface area (Å²) in [5.41, 5.74) is 2.02. The van der Waals surface area contributed by atoms with Crippen LogP contribution in [0.25, 0.3) is 0 Å². The highest BCUT2D eigenvalue weighted by Crippen LogP contribution is 2.13. The van der Waals surface area contributed by atoms with Crippen molar-refractivity contribution in [2.24, 2.45) is 0 Å². The van der Waals surface area contributed by atoms with Gasteiger partial charge in [-0.2, -0.15) is 10.3 Å². The molecule has 0 aromatic heterocycles. The molecule has 102 valence electrons. The van der Waals surface area contributed by atoms with Crippen molar-refractivity contribution in [3.63, 3.8) is 0 Å². The highest BCUT2D eigenvalue weighted by atomic mass is 16.7. The largest absolute Gasteiger partial charge is 0.497 e. The first-order valence-electron chi connectivity index (χ1n) is 6.29. The SMILES string of the molecule is COc1ccc(CN(C#N)OCc2ccccc2)cc1. The maximum absolute atomic E-state index is 9.09. The predicted molar refractivity (Wildman–Crippen MR) is 75.4 cm³/mol. The van der Waals surface area contributed by atoms with Gasteiger partial charge in [-0.25, -0.2) is 0 Å². The molecule has 0 bridgehead atoms. The summed E-state index contributed by atoms with van der Waals surface area (Å²) in [7, 11) is 1.62. The highest BCUT2D eigenvalue weighted by Gasteiger charge is 2.05. The predicted octanol–water partition coefficient (Wildman–Crippen LogP) is 3.11. The van der Waals surface area contributed by atoms with Crippen molar-refractivity contribution >= 4 is 0 Å². The van der Waals surface area contributed by atoms with Crippen molar-refractivity contribution in [2.45, 2.75) is 13.2 Å². The van der Waals surface area contributed by atoms with Gasteiger partial charge in [0.2, 0.25) is 6.19 Å². The monoisotopic (exact) mass is 268 g/mol. The van der Waals surface area contributed by atoms with Crippen LogP contribution < -0.4 is 4.74 Å². The van der Waals surface area contributed by atoms with Crippen LogP contribution in [0, 0.1) is 11.5 Å². The van der Waals surface area contributed by atoms with Gasteiger partial charge in [-0.3, -0.25) is 4.84 Å². The molecule has 0 aliphatic carbocycles. The van der Waals surface area contributed by atoms with E-state index in [0.29, 0.717) is 13.2 Å². The van der Waals surface area contributed by atoms with E-state index >= 15 is 0 Å². The van der Waals surface area contributed by atoms with Gasteiger partial charge < -0.3 is 4.74 Å². The van der Waals surface area contributed by atoms with Gasteiger partial charge in [-0.1, -0.05) is 42.5 Å². The molecule has 0 atom stereocenters. The molecular weight excluding hydrogens is 252 g/mol. The number of rotatable bonds is 6. The fraction of sp³-hybridized carbons (Fsp3) is 0.188. The van der Waals surface area contributed by atoms with Gasteiger partial charge in [-0.15, -0.1) is 0 Å². The van der Waals surface area contributed by atoms with Crippen molar-refractivity contribution in [1.29, 1.82) is 5.26 Å². The zero-order valence-electron chi connectivity index (χ0n) is 11.3. The molecule has 0 unspecified atom stereocenters. The molecule has 0 heterocycles. The number of ether oxygens (including phenoxy) is 1. The van der Waals surface area contributed by atoms with Gasteiger partial charge in [0.25, 0.3) is 0 Å². The Morgan fingerprint density at radius 1 is 1.00 bits per heavy atom. The molecule has 2 aromatic carbocycles. The van der Waals surface area contributed by atoms with Gasteiger partial charge in [-0.05, 0) is 23.3 Å². The second kappa shape index (κ2) is 7.17. The van der Waals surface area contributed by atoms with E-state index in [1.165, 1.54) is 5.06 Å². The molecule has 4 nitrogen and oxygen atoms in total. The van der Waals surface area contributed by atoms with Gasteiger partial charge in [0.1, 0.15) is 12.4 Å². The van der Waals surface area contributed by atoms with Crippen LogP contribution in [0.1, 0.15) is 11.1 Å². The zero-order chi connectivity index (χ0) is 14.2. The first kappa shape index (κ1) is 13.9. The minimum atomic E-state index is 0.380.